The van der Waals surface area contributed by atoms with Crippen molar-refractivity contribution in [3.05, 3.63) is 71.6 Å². The molecule has 1 aliphatic heterocycles. The molecule has 0 unspecified atom stereocenters. The maximum Gasteiger partial charge on any atom is 0.573 e. The van der Waals surface area contributed by atoms with Gasteiger partial charge in [-0.05, 0) is 42.3 Å². The van der Waals surface area contributed by atoms with E-state index >= 15 is 0 Å². The van der Waals surface area contributed by atoms with Gasteiger partial charge in [-0.1, -0.05) is 6.07 Å². The summed E-state index contributed by atoms with van der Waals surface area (Å²) in [4.78, 5) is 22.0. The Morgan fingerprint density at radius 2 is 1.87 bits per heavy atom. The molecule has 10 heteroatoms. The average Bonchev–Trinajstić information content (AvgIpc) is 2.69. The standard InChI is InChI=1S/C21H15F4N3O3/c1-12-8-26-19(27-9-12)11-28-10-14-6-13(2-5-18(14)30-20(28)29)16-4-3-15(7-17(16)22)31-21(23,24)25/h2-9H,10-11H2,1H3. The normalized spacial score (nSPS) is 13.6. The molecule has 1 aliphatic rings. The van der Waals surface area contributed by atoms with Gasteiger partial charge in [-0.25, -0.2) is 19.2 Å². The number of alkyl halides is 3. The van der Waals surface area contributed by atoms with Crippen LogP contribution < -0.4 is 9.47 Å². The van der Waals surface area contributed by atoms with E-state index in [1.807, 2.05) is 6.92 Å². The second-order valence-electron chi connectivity index (χ2n) is 6.91. The van der Waals surface area contributed by atoms with Gasteiger partial charge in [0, 0.05) is 29.6 Å². The predicted molar refractivity (Wildman–Crippen MR) is 101 cm³/mol. The molecule has 0 saturated carbocycles. The first-order valence-electron chi connectivity index (χ1n) is 9.11. The number of amides is 1. The summed E-state index contributed by atoms with van der Waals surface area (Å²) in [7, 11) is 0. The van der Waals surface area contributed by atoms with Crippen LogP contribution in [0.1, 0.15) is 17.0 Å². The number of ether oxygens (including phenoxy) is 2. The van der Waals surface area contributed by atoms with E-state index < -0.39 is 24.0 Å². The summed E-state index contributed by atoms with van der Waals surface area (Å²) < 4.78 is 60.5. The lowest BCUT2D eigenvalue weighted by Crippen LogP contribution is -2.36. The van der Waals surface area contributed by atoms with Crippen LogP contribution in [0.25, 0.3) is 11.1 Å². The first kappa shape index (κ1) is 20.6. The average molecular weight is 433 g/mol. The second-order valence-corrected chi connectivity index (χ2v) is 6.91. The third-order valence-corrected chi connectivity index (χ3v) is 4.53. The van der Waals surface area contributed by atoms with Crippen molar-refractivity contribution in [1.29, 1.82) is 0 Å². The largest absolute Gasteiger partial charge is 0.573 e. The third kappa shape index (κ3) is 4.73. The van der Waals surface area contributed by atoms with Crippen molar-refractivity contribution in [3.63, 3.8) is 0 Å². The molecule has 0 saturated heterocycles. The highest BCUT2D eigenvalue weighted by Crippen LogP contribution is 2.34. The van der Waals surface area contributed by atoms with Crippen LogP contribution in [0.4, 0.5) is 22.4 Å². The van der Waals surface area contributed by atoms with Gasteiger partial charge in [-0.3, -0.25) is 4.90 Å². The minimum atomic E-state index is -4.91. The van der Waals surface area contributed by atoms with E-state index in [9.17, 15) is 22.4 Å². The fourth-order valence-electron chi connectivity index (χ4n) is 3.12. The Labute approximate surface area is 174 Å². The predicted octanol–water partition coefficient (Wildman–Crippen LogP) is 5.00. The zero-order chi connectivity index (χ0) is 22.2. The number of aryl methyl sites for hydroxylation is 1. The zero-order valence-electron chi connectivity index (χ0n) is 16.1. The van der Waals surface area contributed by atoms with Gasteiger partial charge < -0.3 is 9.47 Å². The number of aromatic nitrogens is 2. The summed E-state index contributed by atoms with van der Waals surface area (Å²) in [6.07, 6.45) is -2.20. The lowest BCUT2D eigenvalue weighted by Gasteiger charge is -2.27. The first-order valence-corrected chi connectivity index (χ1v) is 9.11. The van der Waals surface area contributed by atoms with Crippen molar-refractivity contribution in [2.75, 3.05) is 0 Å². The summed E-state index contributed by atoms with van der Waals surface area (Å²) in [6.45, 7) is 2.15. The Morgan fingerprint density at radius 3 is 2.55 bits per heavy atom. The number of hydrogen-bond acceptors (Lipinski definition) is 5. The summed E-state index contributed by atoms with van der Waals surface area (Å²) in [5.41, 5.74) is 2.00. The van der Waals surface area contributed by atoms with E-state index in [0.717, 1.165) is 11.6 Å². The third-order valence-electron chi connectivity index (χ3n) is 4.53. The summed E-state index contributed by atoms with van der Waals surface area (Å²) in [5.74, 6) is -0.759. The van der Waals surface area contributed by atoms with Crippen LogP contribution in [-0.2, 0) is 13.1 Å². The van der Waals surface area contributed by atoms with E-state index in [-0.39, 0.29) is 18.7 Å². The van der Waals surface area contributed by atoms with Crippen molar-refractivity contribution >= 4 is 6.09 Å². The Balaban J connectivity index is 1.57. The molecule has 1 aromatic heterocycles. The highest BCUT2D eigenvalue weighted by molar-refractivity contribution is 5.75. The molecule has 4 rings (SSSR count). The Bertz CT molecular complexity index is 1130. The topological polar surface area (TPSA) is 64.6 Å². The number of hydrogen-bond donors (Lipinski definition) is 0. The smallest absolute Gasteiger partial charge is 0.410 e. The number of carbonyl (C=O) groups excluding carboxylic acids is 1. The minimum Gasteiger partial charge on any atom is -0.410 e. The number of halogens is 4. The van der Waals surface area contributed by atoms with Crippen LogP contribution in [0.15, 0.2) is 48.8 Å². The first-order chi connectivity index (χ1) is 14.7. The maximum atomic E-state index is 14.4. The van der Waals surface area contributed by atoms with E-state index in [4.69, 9.17) is 4.74 Å². The van der Waals surface area contributed by atoms with E-state index in [1.165, 1.54) is 23.1 Å². The molecule has 0 fully saturated rings. The number of carbonyl (C=O) groups is 1. The molecule has 0 aliphatic carbocycles. The Morgan fingerprint density at radius 1 is 1.13 bits per heavy atom. The fourth-order valence-corrected chi connectivity index (χ4v) is 3.12. The van der Waals surface area contributed by atoms with Gasteiger partial charge in [-0.15, -0.1) is 13.2 Å². The Kier molecular flexibility index (Phi) is 5.22. The Hall–Kier alpha value is -3.69. The van der Waals surface area contributed by atoms with Crippen molar-refractivity contribution in [1.82, 2.24) is 14.9 Å². The molecule has 160 valence electrons. The van der Waals surface area contributed by atoms with Crippen LogP contribution in [0.2, 0.25) is 0 Å². The fraction of sp³-hybridized carbons (Fsp3) is 0.190. The van der Waals surface area contributed by atoms with Crippen molar-refractivity contribution < 1.29 is 31.8 Å². The van der Waals surface area contributed by atoms with Gasteiger partial charge in [0.25, 0.3) is 0 Å². The number of benzene rings is 2. The minimum absolute atomic E-state index is 0.0858. The van der Waals surface area contributed by atoms with Gasteiger partial charge in [0.1, 0.15) is 23.1 Å². The van der Waals surface area contributed by atoms with Crippen LogP contribution in [0, 0.1) is 12.7 Å². The summed E-state index contributed by atoms with van der Waals surface area (Å²) >= 11 is 0. The molecule has 0 bridgehead atoms. The number of fused-ring (bicyclic) bond motifs is 1. The maximum absolute atomic E-state index is 14.4. The van der Waals surface area contributed by atoms with Crippen molar-refractivity contribution in [2.24, 2.45) is 0 Å². The molecule has 2 heterocycles. The molecule has 0 N–H and O–H groups in total. The van der Waals surface area contributed by atoms with Crippen LogP contribution in [0.3, 0.4) is 0 Å². The van der Waals surface area contributed by atoms with E-state index in [2.05, 4.69) is 14.7 Å². The van der Waals surface area contributed by atoms with Gasteiger partial charge in [0.05, 0.1) is 13.1 Å². The van der Waals surface area contributed by atoms with Crippen LogP contribution in [0.5, 0.6) is 11.5 Å². The number of rotatable bonds is 4. The quantitative estimate of drug-likeness (QED) is 0.542. The molecule has 0 spiro atoms. The molecule has 31 heavy (non-hydrogen) atoms. The van der Waals surface area contributed by atoms with Crippen molar-refractivity contribution in [3.8, 4) is 22.6 Å². The molecule has 0 atom stereocenters. The van der Waals surface area contributed by atoms with E-state index in [1.54, 1.807) is 18.5 Å². The molecular weight excluding hydrogens is 418 g/mol. The highest BCUT2D eigenvalue weighted by Gasteiger charge is 2.31. The molecule has 2 aromatic carbocycles. The summed E-state index contributed by atoms with van der Waals surface area (Å²) in [6, 6.07) is 7.56. The SMILES string of the molecule is Cc1cnc(CN2Cc3cc(-c4ccc(OC(F)(F)F)cc4F)ccc3OC2=O)nc1. The van der Waals surface area contributed by atoms with Gasteiger partial charge in [-0.2, -0.15) is 0 Å². The molecule has 0 radical (unpaired) electrons. The van der Waals surface area contributed by atoms with E-state index in [0.29, 0.717) is 28.8 Å². The molecule has 1 amide bonds. The second kappa shape index (κ2) is 7.86. The number of nitrogens with zero attached hydrogens (tertiary/aromatic N) is 3. The van der Waals surface area contributed by atoms with Crippen molar-refractivity contribution in [2.45, 2.75) is 26.4 Å². The van der Waals surface area contributed by atoms with Crippen LogP contribution >= 0.6 is 0 Å². The molecule has 3 aromatic rings. The van der Waals surface area contributed by atoms with Gasteiger partial charge in [0.15, 0.2) is 0 Å². The van der Waals surface area contributed by atoms with Gasteiger partial charge >= 0.3 is 12.5 Å². The zero-order valence-corrected chi connectivity index (χ0v) is 16.1. The lowest BCUT2D eigenvalue weighted by molar-refractivity contribution is -0.274. The molecule has 6 nitrogen and oxygen atoms in total. The monoisotopic (exact) mass is 433 g/mol. The summed E-state index contributed by atoms with van der Waals surface area (Å²) in [5, 5.41) is 0. The lowest BCUT2D eigenvalue weighted by atomic mass is 10.0. The molecular formula is C21H15F4N3O3. The van der Waals surface area contributed by atoms with Crippen LogP contribution in [-0.4, -0.2) is 27.3 Å². The van der Waals surface area contributed by atoms with Gasteiger partial charge in [0.2, 0.25) is 0 Å². The highest BCUT2D eigenvalue weighted by atomic mass is 19.4.